The van der Waals surface area contributed by atoms with Gasteiger partial charge in [0.2, 0.25) is 10.0 Å². The van der Waals surface area contributed by atoms with Crippen molar-refractivity contribution < 1.29 is 13.2 Å². The topological polar surface area (TPSA) is 66.5 Å². The lowest BCUT2D eigenvalue weighted by Crippen LogP contribution is -2.30. The third-order valence-electron chi connectivity index (χ3n) is 5.13. The third kappa shape index (κ3) is 6.03. The van der Waals surface area contributed by atoms with Crippen LogP contribution >= 0.6 is 0 Å². The Morgan fingerprint density at radius 1 is 0.871 bits per heavy atom. The van der Waals surface area contributed by atoms with Crippen LogP contribution in [-0.2, 0) is 23.0 Å². The number of aryl methyl sites for hydroxylation is 1. The fourth-order valence-electron chi connectivity index (χ4n) is 3.26. The number of nitrogens with zero attached hydrogens (tertiary/aromatic N) is 1. The molecule has 6 heteroatoms. The van der Waals surface area contributed by atoms with Crippen LogP contribution in [0.25, 0.3) is 0 Å². The Hall–Kier alpha value is -2.96. The maximum Gasteiger partial charge on any atom is 0.251 e. The maximum absolute atomic E-state index is 13.0. The lowest BCUT2D eigenvalue weighted by molar-refractivity contribution is 0.0954. The van der Waals surface area contributed by atoms with Crippen LogP contribution in [0.5, 0.6) is 0 Å². The Labute approximate surface area is 184 Å². The summed E-state index contributed by atoms with van der Waals surface area (Å²) >= 11 is 0. The van der Waals surface area contributed by atoms with E-state index < -0.39 is 10.0 Å². The van der Waals surface area contributed by atoms with Crippen LogP contribution in [0, 0.1) is 6.92 Å². The predicted octanol–water partition coefficient (Wildman–Crippen LogP) is 4.18. The summed E-state index contributed by atoms with van der Waals surface area (Å²) in [5, 5.41) is 2.92. The number of benzene rings is 3. The first-order valence-electron chi connectivity index (χ1n) is 10.4. The predicted molar refractivity (Wildman–Crippen MR) is 123 cm³/mol. The van der Waals surface area contributed by atoms with E-state index >= 15 is 0 Å². The van der Waals surface area contributed by atoms with Gasteiger partial charge in [-0.25, -0.2) is 8.42 Å². The van der Waals surface area contributed by atoms with Crippen molar-refractivity contribution >= 4 is 15.9 Å². The van der Waals surface area contributed by atoms with Crippen LogP contribution in [0.4, 0.5) is 0 Å². The van der Waals surface area contributed by atoms with E-state index in [1.54, 1.807) is 48.5 Å². The van der Waals surface area contributed by atoms with E-state index in [9.17, 15) is 13.2 Å². The largest absolute Gasteiger partial charge is 0.352 e. The van der Waals surface area contributed by atoms with Gasteiger partial charge in [0, 0.05) is 25.2 Å². The van der Waals surface area contributed by atoms with Gasteiger partial charge < -0.3 is 5.32 Å². The normalized spacial score (nSPS) is 11.5. The molecule has 0 spiro atoms. The molecular weight excluding hydrogens is 408 g/mol. The van der Waals surface area contributed by atoms with Crippen LogP contribution < -0.4 is 5.32 Å². The molecule has 0 saturated carbocycles. The summed E-state index contributed by atoms with van der Waals surface area (Å²) in [6.45, 7) is 4.91. The van der Waals surface area contributed by atoms with Crippen molar-refractivity contribution in [3.05, 3.63) is 101 Å². The summed E-state index contributed by atoms with van der Waals surface area (Å²) in [5.74, 6) is -0.137. The molecule has 0 saturated heterocycles. The number of rotatable bonds is 9. The van der Waals surface area contributed by atoms with Crippen LogP contribution in [0.2, 0.25) is 0 Å². The van der Waals surface area contributed by atoms with E-state index in [1.807, 2.05) is 44.2 Å². The molecule has 1 N–H and O–H groups in total. The van der Waals surface area contributed by atoms with Gasteiger partial charge in [-0.2, -0.15) is 4.31 Å². The van der Waals surface area contributed by atoms with E-state index in [2.05, 4.69) is 5.32 Å². The number of carbonyl (C=O) groups is 1. The third-order valence-corrected chi connectivity index (χ3v) is 7.06. The van der Waals surface area contributed by atoms with Crippen molar-refractivity contribution in [3.63, 3.8) is 0 Å². The molecule has 31 heavy (non-hydrogen) atoms. The van der Waals surface area contributed by atoms with Gasteiger partial charge in [-0.15, -0.1) is 0 Å². The molecule has 0 fully saturated rings. The number of hydrogen-bond donors (Lipinski definition) is 1. The lowest BCUT2D eigenvalue weighted by atomic mass is 10.1. The zero-order chi connectivity index (χ0) is 22.3. The fraction of sp³-hybridized carbons (Fsp3) is 0.240. The zero-order valence-electron chi connectivity index (χ0n) is 17.9. The first kappa shape index (κ1) is 22.7. The molecule has 0 heterocycles. The SMILES string of the molecule is CCN(Cc1ccc(C(=O)NCCc2ccccc2)cc1)S(=O)(=O)c1ccc(C)cc1. The van der Waals surface area contributed by atoms with E-state index in [0.29, 0.717) is 18.7 Å². The van der Waals surface area contributed by atoms with E-state index in [-0.39, 0.29) is 17.3 Å². The van der Waals surface area contributed by atoms with Crippen LogP contribution in [0.1, 0.15) is 34.0 Å². The molecule has 0 aliphatic carbocycles. The maximum atomic E-state index is 13.0. The molecule has 3 rings (SSSR count). The van der Waals surface area contributed by atoms with Crippen molar-refractivity contribution in [1.82, 2.24) is 9.62 Å². The second kappa shape index (κ2) is 10.4. The minimum atomic E-state index is -3.58. The molecule has 0 radical (unpaired) electrons. The van der Waals surface area contributed by atoms with Crippen molar-refractivity contribution in [2.45, 2.75) is 31.7 Å². The highest BCUT2D eigenvalue weighted by Crippen LogP contribution is 2.19. The smallest absolute Gasteiger partial charge is 0.251 e. The Kier molecular flexibility index (Phi) is 7.60. The molecule has 5 nitrogen and oxygen atoms in total. The molecule has 0 aliphatic heterocycles. The highest BCUT2D eigenvalue weighted by Gasteiger charge is 2.23. The molecule has 1 amide bonds. The summed E-state index contributed by atoms with van der Waals surface area (Å²) in [6, 6.07) is 23.9. The highest BCUT2D eigenvalue weighted by molar-refractivity contribution is 7.89. The summed E-state index contributed by atoms with van der Waals surface area (Å²) in [7, 11) is -3.58. The van der Waals surface area contributed by atoms with E-state index in [0.717, 1.165) is 17.5 Å². The fourth-order valence-corrected chi connectivity index (χ4v) is 4.70. The van der Waals surface area contributed by atoms with Gasteiger partial charge in [0.25, 0.3) is 5.91 Å². The van der Waals surface area contributed by atoms with Gasteiger partial charge in [0.15, 0.2) is 0 Å². The molecule has 0 aliphatic rings. The monoisotopic (exact) mass is 436 g/mol. The van der Waals surface area contributed by atoms with Crippen molar-refractivity contribution in [2.24, 2.45) is 0 Å². The van der Waals surface area contributed by atoms with Gasteiger partial charge in [-0.05, 0) is 48.7 Å². The zero-order valence-corrected chi connectivity index (χ0v) is 18.7. The Balaban J connectivity index is 1.60. The standard InChI is InChI=1S/C25H28N2O3S/c1-3-27(31(29,30)24-15-9-20(2)10-16-24)19-22-11-13-23(14-12-22)25(28)26-18-17-21-7-5-4-6-8-21/h4-16H,3,17-19H2,1-2H3,(H,26,28). The number of hydrogen-bond acceptors (Lipinski definition) is 3. The molecule has 162 valence electrons. The molecule has 3 aromatic carbocycles. The number of amides is 1. The first-order chi connectivity index (χ1) is 14.9. The summed E-state index contributed by atoms with van der Waals surface area (Å²) in [6.07, 6.45) is 0.771. The number of carbonyl (C=O) groups excluding carboxylic acids is 1. The second-order valence-electron chi connectivity index (χ2n) is 7.43. The number of nitrogens with one attached hydrogen (secondary N) is 1. The van der Waals surface area contributed by atoms with Gasteiger partial charge in [0.1, 0.15) is 0 Å². The van der Waals surface area contributed by atoms with E-state index in [4.69, 9.17) is 0 Å². The number of sulfonamides is 1. The van der Waals surface area contributed by atoms with E-state index in [1.165, 1.54) is 9.87 Å². The Bertz CT molecular complexity index is 1090. The van der Waals surface area contributed by atoms with Gasteiger partial charge >= 0.3 is 0 Å². The van der Waals surface area contributed by atoms with Crippen molar-refractivity contribution in [3.8, 4) is 0 Å². The summed E-state index contributed by atoms with van der Waals surface area (Å²) < 4.78 is 27.3. The average molecular weight is 437 g/mol. The first-order valence-corrected chi connectivity index (χ1v) is 11.8. The van der Waals surface area contributed by atoms with Gasteiger partial charge in [-0.3, -0.25) is 4.79 Å². The molecule has 0 bridgehead atoms. The van der Waals surface area contributed by atoms with Gasteiger partial charge in [-0.1, -0.05) is 67.1 Å². The van der Waals surface area contributed by atoms with Crippen molar-refractivity contribution in [1.29, 1.82) is 0 Å². The highest BCUT2D eigenvalue weighted by atomic mass is 32.2. The Morgan fingerprint density at radius 3 is 2.13 bits per heavy atom. The van der Waals surface area contributed by atoms with Crippen molar-refractivity contribution in [2.75, 3.05) is 13.1 Å². The molecule has 0 atom stereocenters. The molecular formula is C25H28N2O3S. The lowest BCUT2D eigenvalue weighted by Gasteiger charge is -2.21. The Morgan fingerprint density at radius 2 is 1.52 bits per heavy atom. The molecule has 3 aromatic rings. The average Bonchev–Trinajstić information content (AvgIpc) is 2.78. The molecule has 0 aromatic heterocycles. The quantitative estimate of drug-likeness (QED) is 0.547. The minimum Gasteiger partial charge on any atom is -0.352 e. The second-order valence-corrected chi connectivity index (χ2v) is 9.37. The van der Waals surface area contributed by atoms with Crippen LogP contribution in [0.15, 0.2) is 83.8 Å². The molecule has 0 unspecified atom stereocenters. The van der Waals surface area contributed by atoms with Crippen LogP contribution in [-0.4, -0.2) is 31.7 Å². The van der Waals surface area contributed by atoms with Crippen LogP contribution in [0.3, 0.4) is 0 Å². The van der Waals surface area contributed by atoms with Gasteiger partial charge in [0.05, 0.1) is 4.90 Å². The summed E-state index contributed by atoms with van der Waals surface area (Å²) in [4.78, 5) is 12.7. The summed E-state index contributed by atoms with van der Waals surface area (Å²) in [5.41, 5.74) is 3.58. The minimum absolute atomic E-state index is 0.137.